The summed E-state index contributed by atoms with van der Waals surface area (Å²) in [6, 6.07) is 12.3. The molecule has 33 heavy (non-hydrogen) atoms. The second kappa shape index (κ2) is 9.71. The lowest BCUT2D eigenvalue weighted by Crippen LogP contribution is -2.40. The Labute approximate surface area is 195 Å². The molecule has 0 spiro atoms. The van der Waals surface area contributed by atoms with Gasteiger partial charge >= 0.3 is 0 Å². The first-order valence-corrected chi connectivity index (χ1v) is 13.9. The van der Waals surface area contributed by atoms with Gasteiger partial charge in [-0.15, -0.1) is 0 Å². The summed E-state index contributed by atoms with van der Waals surface area (Å²) in [4.78, 5) is 0.202. The van der Waals surface area contributed by atoms with Crippen molar-refractivity contribution >= 4 is 20.1 Å². The summed E-state index contributed by atoms with van der Waals surface area (Å²) in [7, 11) is -7.86. The van der Waals surface area contributed by atoms with Gasteiger partial charge in [-0.2, -0.15) is 12.7 Å². The summed E-state index contributed by atoms with van der Waals surface area (Å²) < 4.78 is 70.1. The van der Waals surface area contributed by atoms with Gasteiger partial charge < -0.3 is 9.47 Å². The number of hydrogen-bond acceptors (Lipinski definition) is 7. The van der Waals surface area contributed by atoms with Gasteiger partial charge in [-0.1, -0.05) is 17.7 Å². The smallest absolute Gasteiger partial charge is 0.297 e. The van der Waals surface area contributed by atoms with Crippen LogP contribution >= 0.6 is 0 Å². The number of aryl methyl sites for hydroxylation is 1. The maximum absolute atomic E-state index is 13.5. The maximum Gasteiger partial charge on any atom is 0.297 e. The molecule has 180 valence electrons. The number of sulfonamides is 1. The van der Waals surface area contributed by atoms with Crippen LogP contribution in [-0.4, -0.2) is 59.7 Å². The van der Waals surface area contributed by atoms with Crippen molar-refractivity contribution in [3.8, 4) is 5.75 Å². The molecule has 0 radical (unpaired) electrons. The fourth-order valence-electron chi connectivity index (χ4n) is 4.18. The van der Waals surface area contributed by atoms with Crippen LogP contribution in [0.15, 0.2) is 58.3 Å². The van der Waals surface area contributed by atoms with Crippen molar-refractivity contribution in [2.24, 2.45) is 5.92 Å². The number of hydrogen-bond donors (Lipinski definition) is 0. The molecule has 0 aliphatic carbocycles. The molecule has 4 rings (SSSR count). The van der Waals surface area contributed by atoms with E-state index in [-0.39, 0.29) is 28.3 Å². The highest BCUT2D eigenvalue weighted by molar-refractivity contribution is 7.89. The van der Waals surface area contributed by atoms with E-state index in [2.05, 4.69) is 0 Å². The molecule has 10 heteroatoms. The topological polar surface area (TPSA) is 99.2 Å². The third-order valence-corrected chi connectivity index (χ3v) is 9.26. The van der Waals surface area contributed by atoms with Gasteiger partial charge in [0, 0.05) is 18.5 Å². The monoisotopic (exact) mass is 495 g/mol. The summed E-state index contributed by atoms with van der Waals surface area (Å²) >= 11 is 0. The molecule has 0 N–H and O–H groups in total. The van der Waals surface area contributed by atoms with E-state index in [1.807, 2.05) is 13.8 Å². The average Bonchev–Trinajstić information content (AvgIpc) is 3.14. The zero-order valence-electron chi connectivity index (χ0n) is 18.7. The van der Waals surface area contributed by atoms with E-state index in [1.54, 1.807) is 24.3 Å². The van der Waals surface area contributed by atoms with Gasteiger partial charge in [0.05, 0.1) is 35.7 Å². The standard InChI is InChI=1S/C23H29NO7S2/c1-3-30-20-6-10-22(11-7-20)32(25,26)24-14-21(13-19(24)12-18-15-29-16-18)31-33(27,28)23-8-4-17(2)5-9-23/h4-11,18-19,21H,3,12-16H2,1-2H3/t19-,21-/m0/s1. The summed E-state index contributed by atoms with van der Waals surface area (Å²) in [5.74, 6) is 0.840. The van der Waals surface area contributed by atoms with Gasteiger partial charge in [-0.3, -0.25) is 4.18 Å². The highest BCUT2D eigenvalue weighted by atomic mass is 32.2. The second-order valence-corrected chi connectivity index (χ2v) is 12.0. The zero-order valence-corrected chi connectivity index (χ0v) is 20.3. The third kappa shape index (κ3) is 5.41. The molecule has 2 heterocycles. The first-order chi connectivity index (χ1) is 15.7. The van der Waals surface area contributed by atoms with Crippen LogP contribution < -0.4 is 4.74 Å². The molecule has 0 saturated carbocycles. The van der Waals surface area contributed by atoms with Crippen molar-refractivity contribution in [3.05, 3.63) is 54.1 Å². The Hall–Kier alpha value is -1.98. The fourth-order valence-corrected chi connectivity index (χ4v) is 6.93. The minimum Gasteiger partial charge on any atom is -0.494 e. The molecular weight excluding hydrogens is 466 g/mol. The van der Waals surface area contributed by atoms with Gasteiger partial charge in [0.25, 0.3) is 10.1 Å². The Kier molecular flexibility index (Phi) is 7.11. The number of nitrogens with zero attached hydrogens (tertiary/aromatic N) is 1. The van der Waals surface area contributed by atoms with Crippen LogP contribution in [0.4, 0.5) is 0 Å². The van der Waals surface area contributed by atoms with Crippen LogP contribution in [0.3, 0.4) is 0 Å². The van der Waals surface area contributed by atoms with E-state index in [0.717, 1.165) is 5.56 Å². The largest absolute Gasteiger partial charge is 0.494 e. The summed E-state index contributed by atoms with van der Waals surface area (Å²) in [6.07, 6.45) is 0.137. The predicted molar refractivity (Wildman–Crippen MR) is 122 cm³/mol. The van der Waals surface area contributed by atoms with Crippen LogP contribution in [0.25, 0.3) is 0 Å². The van der Waals surface area contributed by atoms with Crippen molar-refractivity contribution in [1.29, 1.82) is 0 Å². The van der Waals surface area contributed by atoms with Gasteiger partial charge in [-0.05, 0) is 63.1 Å². The van der Waals surface area contributed by atoms with Gasteiger partial charge in [0.1, 0.15) is 5.75 Å². The number of benzene rings is 2. The zero-order chi connectivity index (χ0) is 23.6. The van der Waals surface area contributed by atoms with E-state index in [9.17, 15) is 16.8 Å². The first-order valence-electron chi connectivity index (χ1n) is 11.0. The Morgan fingerprint density at radius 2 is 1.61 bits per heavy atom. The van der Waals surface area contributed by atoms with Crippen molar-refractivity contribution in [2.75, 3.05) is 26.4 Å². The van der Waals surface area contributed by atoms with Crippen LogP contribution in [0, 0.1) is 12.8 Å². The van der Waals surface area contributed by atoms with E-state index < -0.39 is 26.2 Å². The minimum atomic E-state index is -4.01. The molecule has 0 amide bonds. The second-order valence-electron chi connectivity index (χ2n) is 8.49. The van der Waals surface area contributed by atoms with Crippen molar-refractivity contribution in [2.45, 2.75) is 48.6 Å². The molecule has 2 aliphatic heterocycles. The Morgan fingerprint density at radius 1 is 0.970 bits per heavy atom. The van der Waals surface area contributed by atoms with Gasteiger partial charge in [0.2, 0.25) is 10.0 Å². The van der Waals surface area contributed by atoms with Gasteiger partial charge in [0.15, 0.2) is 0 Å². The molecule has 2 atom stereocenters. The van der Waals surface area contributed by atoms with Crippen molar-refractivity contribution in [3.63, 3.8) is 0 Å². The Bertz CT molecular complexity index is 1160. The fraction of sp³-hybridized carbons (Fsp3) is 0.478. The highest BCUT2D eigenvalue weighted by Crippen LogP contribution is 2.34. The molecule has 0 aromatic heterocycles. The van der Waals surface area contributed by atoms with Crippen LogP contribution in [0.5, 0.6) is 5.75 Å². The molecule has 2 fully saturated rings. The SMILES string of the molecule is CCOc1ccc(S(=O)(=O)N2C[C@@H](OS(=O)(=O)c3ccc(C)cc3)C[C@@H]2CC2COC2)cc1. The van der Waals surface area contributed by atoms with Crippen LogP contribution in [0.2, 0.25) is 0 Å². The third-order valence-electron chi connectivity index (χ3n) is 5.95. The molecule has 2 aromatic rings. The summed E-state index contributed by atoms with van der Waals surface area (Å²) in [5, 5.41) is 0. The predicted octanol–water partition coefficient (Wildman–Crippen LogP) is 2.97. The Balaban J connectivity index is 1.55. The lowest BCUT2D eigenvalue weighted by molar-refractivity contribution is -0.0416. The van der Waals surface area contributed by atoms with Crippen molar-refractivity contribution < 1.29 is 30.5 Å². The molecule has 2 saturated heterocycles. The molecule has 0 bridgehead atoms. The molecule has 8 nitrogen and oxygen atoms in total. The number of ether oxygens (including phenoxy) is 2. The molecule has 2 aromatic carbocycles. The minimum absolute atomic E-state index is 0.0289. The summed E-state index contributed by atoms with van der Waals surface area (Å²) in [5.41, 5.74) is 0.935. The molecule has 0 unspecified atom stereocenters. The quantitative estimate of drug-likeness (QED) is 0.493. The lowest BCUT2D eigenvalue weighted by Gasteiger charge is -2.31. The summed E-state index contributed by atoms with van der Waals surface area (Å²) in [6.45, 7) is 5.35. The van der Waals surface area contributed by atoms with E-state index in [0.29, 0.717) is 38.4 Å². The number of rotatable bonds is 9. The molecule has 2 aliphatic rings. The lowest BCUT2D eigenvalue weighted by atomic mass is 9.97. The van der Waals surface area contributed by atoms with E-state index in [1.165, 1.54) is 28.6 Å². The van der Waals surface area contributed by atoms with E-state index in [4.69, 9.17) is 13.7 Å². The van der Waals surface area contributed by atoms with Crippen LogP contribution in [0.1, 0.15) is 25.3 Å². The van der Waals surface area contributed by atoms with E-state index >= 15 is 0 Å². The first kappa shape index (κ1) is 24.2. The van der Waals surface area contributed by atoms with Gasteiger partial charge in [-0.25, -0.2) is 8.42 Å². The average molecular weight is 496 g/mol. The molecular formula is C23H29NO7S2. The Morgan fingerprint density at radius 3 is 2.18 bits per heavy atom. The van der Waals surface area contributed by atoms with Crippen LogP contribution in [-0.2, 0) is 29.1 Å². The maximum atomic E-state index is 13.5. The normalized spacial score (nSPS) is 22.2. The highest BCUT2D eigenvalue weighted by Gasteiger charge is 2.44. The van der Waals surface area contributed by atoms with Crippen molar-refractivity contribution in [1.82, 2.24) is 4.31 Å².